The zero-order chi connectivity index (χ0) is 16.4. The minimum Gasteiger partial charge on any atom is -0.0856 e. The average molecular weight is 296 g/mol. The van der Waals surface area contributed by atoms with E-state index in [1.165, 1.54) is 47.1 Å². The summed E-state index contributed by atoms with van der Waals surface area (Å²) in [5, 5.41) is 0. The summed E-state index contributed by atoms with van der Waals surface area (Å²) in [6.45, 7) is 11.0. The quantitative estimate of drug-likeness (QED) is 0.455. The summed E-state index contributed by atoms with van der Waals surface area (Å²) in [6, 6.07) is 8.84. The number of rotatable bonds is 8. The van der Waals surface area contributed by atoms with Gasteiger partial charge >= 0.3 is 0 Å². The van der Waals surface area contributed by atoms with Crippen molar-refractivity contribution in [1.29, 1.82) is 0 Å². The monoisotopic (exact) mass is 296 g/mol. The maximum Gasteiger partial charge on any atom is -0.00949 e. The standard InChI is InChI=1S/C22H32/c1-18(2)8-6-9-19(3)10-7-11-20(4)12-15-22-16-13-21(5)14-17-22/h8,10,12-14,16-17H,6-7,9,11,15H2,1-5H3/b19-10+,20-12+. The lowest BCUT2D eigenvalue weighted by atomic mass is 10.0. The molecule has 0 spiro atoms. The van der Waals surface area contributed by atoms with Crippen molar-refractivity contribution in [3.05, 3.63) is 70.3 Å². The topological polar surface area (TPSA) is 0 Å². The molecule has 22 heavy (non-hydrogen) atoms. The van der Waals surface area contributed by atoms with Crippen LogP contribution in [-0.2, 0) is 6.42 Å². The van der Waals surface area contributed by atoms with Gasteiger partial charge in [-0.25, -0.2) is 0 Å². The van der Waals surface area contributed by atoms with Gasteiger partial charge in [-0.1, -0.05) is 64.8 Å². The summed E-state index contributed by atoms with van der Waals surface area (Å²) in [6.07, 6.45) is 12.9. The van der Waals surface area contributed by atoms with Crippen LogP contribution in [0.2, 0.25) is 0 Å². The van der Waals surface area contributed by atoms with Crippen molar-refractivity contribution >= 4 is 0 Å². The summed E-state index contributed by atoms with van der Waals surface area (Å²) in [4.78, 5) is 0. The van der Waals surface area contributed by atoms with Gasteiger partial charge < -0.3 is 0 Å². The van der Waals surface area contributed by atoms with Crippen LogP contribution in [0.3, 0.4) is 0 Å². The molecule has 0 atom stereocenters. The first-order valence-corrected chi connectivity index (χ1v) is 8.47. The largest absolute Gasteiger partial charge is 0.0856 e. The van der Waals surface area contributed by atoms with Crippen LogP contribution in [0.25, 0.3) is 0 Å². The molecule has 0 saturated carbocycles. The molecule has 0 aliphatic rings. The van der Waals surface area contributed by atoms with Crippen molar-refractivity contribution in [1.82, 2.24) is 0 Å². The third-order valence-corrected chi connectivity index (χ3v) is 3.93. The van der Waals surface area contributed by atoms with Crippen LogP contribution in [0.15, 0.2) is 59.2 Å². The molecule has 0 aromatic heterocycles. The first-order valence-electron chi connectivity index (χ1n) is 8.47. The van der Waals surface area contributed by atoms with Crippen LogP contribution in [0, 0.1) is 6.92 Å². The van der Waals surface area contributed by atoms with Crippen molar-refractivity contribution < 1.29 is 0 Å². The van der Waals surface area contributed by atoms with Gasteiger partial charge in [0, 0.05) is 0 Å². The normalized spacial score (nSPS) is 12.4. The van der Waals surface area contributed by atoms with Crippen LogP contribution in [0.4, 0.5) is 0 Å². The first-order chi connectivity index (χ1) is 10.5. The van der Waals surface area contributed by atoms with E-state index in [4.69, 9.17) is 0 Å². The van der Waals surface area contributed by atoms with E-state index in [9.17, 15) is 0 Å². The average Bonchev–Trinajstić information content (AvgIpc) is 2.46. The zero-order valence-electron chi connectivity index (χ0n) is 15.1. The molecule has 0 bridgehead atoms. The van der Waals surface area contributed by atoms with E-state index in [0.29, 0.717) is 0 Å². The Morgan fingerprint density at radius 1 is 0.773 bits per heavy atom. The van der Waals surface area contributed by atoms with Gasteiger partial charge in [-0.15, -0.1) is 0 Å². The Bertz CT molecular complexity index is 520. The number of hydrogen-bond donors (Lipinski definition) is 0. The Hall–Kier alpha value is -1.56. The van der Waals surface area contributed by atoms with Crippen LogP contribution in [0.1, 0.15) is 64.5 Å². The summed E-state index contributed by atoms with van der Waals surface area (Å²) in [5.41, 5.74) is 7.16. The molecule has 0 unspecified atom stereocenters. The summed E-state index contributed by atoms with van der Waals surface area (Å²) >= 11 is 0. The third-order valence-electron chi connectivity index (χ3n) is 3.93. The minimum atomic E-state index is 1.05. The highest BCUT2D eigenvalue weighted by molar-refractivity contribution is 5.23. The molecule has 1 aromatic rings. The molecular formula is C22H32. The third kappa shape index (κ3) is 8.67. The molecule has 0 radical (unpaired) electrons. The molecule has 0 aliphatic carbocycles. The lowest BCUT2D eigenvalue weighted by molar-refractivity contribution is 0.914. The van der Waals surface area contributed by atoms with Gasteiger partial charge in [0.1, 0.15) is 0 Å². The number of benzene rings is 1. The number of aryl methyl sites for hydroxylation is 1. The first kappa shape index (κ1) is 18.5. The van der Waals surface area contributed by atoms with Crippen molar-refractivity contribution in [2.75, 3.05) is 0 Å². The van der Waals surface area contributed by atoms with E-state index in [1.54, 1.807) is 0 Å². The molecule has 1 rings (SSSR count). The smallest absolute Gasteiger partial charge is 0.00949 e. The predicted molar refractivity (Wildman–Crippen MR) is 100 cm³/mol. The van der Waals surface area contributed by atoms with Crippen LogP contribution in [0.5, 0.6) is 0 Å². The van der Waals surface area contributed by atoms with Crippen LogP contribution < -0.4 is 0 Å². The second-order valence-corrected chi connectivity index (χ2v) is 6.65. The van der Waals surface area contributed by atoms with Gasteiger partial charge in [0.05, 0.1) is 0 Å². The van der Waals surface area contributed by atoms with E-state index >= 15 is 0 Å². The van der Waals surface area contributed by atoms with Gasteiger partial charge in [-0.3, -0.25) is 0 Å². The molecular weight excluding hydrogens is 264 g/mol. The molecule has 0 heterocycles. The highest BCUT2D eigenvalue weighted by atomic mass is 14.0. The van der Waals surface area contributed by atoms with Crippen molar-refractivity contribution in [2.24, 2.45) is 0 Å². The second-order valence-electron chi connectivity index (χ2n) is 6.65. The minimum absolute atomic E-state index is 1.05. The molecule has 0 N–H and O–H groups in total. The molecule has 0 nitrogen and oxygen atoms in total. The Morgan fingerprint density at radius 2 is 1.32 bits per heavy atom. The SMILES string of the molecule is CC(C)=CCC/C(C)=C/CC/C(C)=C/Cc1ccc(C)cc1. The van der Waals surface area contributed by atoms with Crippen LogP contribution in [-0.4, -0.2) is 0 Å². The number of hydrogen-bond acceptors (Lipinski definition) is 0. The van der Waals surface area contributed by atoms with E-state index < -0.39 is 0 Å². The number of allylic oxidation sites excluding steroid dienone is 6. The Kier molecular flexibility index (Phi) is 8.58. The van der Waals surface area contributed by atoms with Gasteiger partial charge in [-0.2, -0.15) is 0 Å². The molecule has 0 saturated heterocycles. The fourth-order valence-corrected chi connectivity index (χ4v) is 2.36. The summed E-state index contributed by atoms with van der Waals surface area (Å²) < 4.78 is 0. The second kappa shape index (κ2) is 10.2. The highest BCUT2D eigenvalue weighted by Crippen LogP contribution is 2.12. The Morgan fingerprint density at radius 3 is 1.91 bits per heavy atom. The zero-order valence-corrected chi connectivity index (χ0v) is 15.1. The highest BCUT2D eigenvalue weighted by Gasteiger charge is 1.94. The van der Waals surface area contributed by atoms with Crippen molar-refractivity contribution in [2.45, 2.75) is 66.7 Å². The fourth-order valence-electron chi connectivity index (χ4n) is 2.36. The van der Waals surface area contributed by atoms with E-state index in [-0.39, 0.29) is 0 Å². The summed E-state index contributed by atoms with van der Waals surface area (Å²) in [7, 11) is 0. The lowest BCUT2D eigenvalue weighted by Crippen LogP contribution is -1.85. The van der Waals surface area contributed by atoms with E-state index in [2.05, 4.69) is 77.1 Å². The van der Waals surface area contributed by atoms with Gasteiger partial charge in [0.15, 0.2) is 0 Å². The molecule has 1 aromatic carbocycles. The van der Waals surface area contributed by atoms with Crippen molar-refractivity contribution in [3.8, 4) is 0 Å². The molecule has 0 amide bonds. The molecule has 120 valence electrons. The van der Waals surface area contributed by atoms with E-state index in [0.717, 1.165) is 12.8 Å². The van der Waals surface area contributed by atoms with Gasteiger partial charge in [-0.05, 0) is 72.3 Å². The summed E-state index contributed by atoms with van der Waals surface area (Å²) in [5.74, 6) is 0. The van der Waals surface area contributed by atoms with Gasteiger partial charge in [0.2, 0.25) is 0 Å². The predicted octanol–water partition coefficient (Wildman–Crippen LogP) is 6.96. The molecule has 0 aliphatic heterocycles. The molecule has 0 fully saturated rings. The Balaban J connectivity index is 2.32. The van der Waals surface area contributed by atoms with Crippen molar-refractivity contribution in [3.63, 3.8) is 0 Å². The Labute approximate surface area is 137 Å². The van der Waals surface area contributed by atoms with Gasteiger partial charge in [0.25, 0.3) is 0 Å². The maximum absolute atomic E-state index is 2.40. The maximum atomic E-state index is 2.40. The molecule has 0 heteroatoms. The van der Waals surface area contributed by atoms with E-state index in [1.807, 2.05) is 0 Å². The fraction of sp³-hybridized carbons (Fsp3) is 0.455. The lowest BCUT2D eigenvalue weighted by Gasteiger charge is -2.02. The van der Waals surface area contributed by atoms with Crippen LogP contribution >= 0.6 is 0 Å².